The van der Waals surface area contributed by atoms with Crippen LogP contribution in [0.1, 0.15) is 22.8 Å². The monoisotopic (exact) mass is 314 g/mol. The number of benzene rings is 2. The maximum absolute atomic E-state index is 12.0. The van der Waals surface area contributed by atoms with Gasteiger partial charge >= 0.3 is 0 Å². The van der Waals surface area contributed by atoms with Gasteiger partial charge in [0.1, 0.15) is 0 Å². The van der Waals surface area contributed by atoms with E-state index in [9.17, 15) is 9.59 Å². The van der Waals surface area contributed by atoms with Crippen LogP contribution in [0.2, 0.25) is 5.02 Å². The normalized spacial score (nSPS) is 11.1. The fourth-order valence-corrected chi connectivity index (χ4v) is 2.24. The van der Waals surface area contributed by atoms with Gasteiger partial charge in [0.15, 0.2) is 0 Å². The summed E-state index contributed by atoms with van der Waals surface area (Å²) in [5.74, 6) is -0.781. The molecular formula is C17H15ClN2O2. The molecule has 0 aromatic heterocycles. The van der Waals surface area contributed by atoms with Gasteiger partial charge in [-0.1, -0.05) is 29.8 Å². The SMILES string of the molecule is C/C(=C/C(=O)Nc1ccc(C(N)=O)cc1)c1ccccc1Cl. The molecule has 0 aliphatic carbocycles. The number of carbonyl (C=O) groups is 2. The van der Waals surface area contributed by atoms with Crippen LogP contribution in [-0.4, -0.2) is 11.8 Å². The highest BCUT2D eigenvalue weighted by Crippen LogP contribution is 2.23. The Bertz CT molecular complexity index is 737. The van der Waals surface area contributed by atoms with Crippen molar-refractivity contribution in [1.29, 1.82) is 0 Å². The number of hydrogen-bond donors (Lipinski definition) is 2. The molecule has 0 unspecified atom stereocenters. The second-order valence-electron chi connectivity index (χ2n) is 4.74. The molecule has 0 spiro atoms. The van der Waals surface area contributed by atoms with E-state index in [0.29, 0.717) is 16.3 Å². The Kier molecular flexibility index (Phi) is 4.96. The first kappa shape index (κ1) is 15.8. The molecule has 0 saturated carbocycles. The Morgan fingerprint density at radius 2 is 1.73 bits per heavy atom. The Morgan fingerprint density at radius 1 is 1.09 bits per heavy atom. The van der Waals surface area contributed by atoms with E-state index in [4.69, 9.17) is 17.3 Å². The Balaban J connectivity index is 2.10. The van der Waals surface area contributed by atoms with Crippen LogP contribution in [-0.2, 0) is 4.79 Å². The highest BCUT2D eigenvalue weighted by molar-refractivity contribution is 6.32. The molecule has 0 radical (unpaired) electrons. The first-order valence-electron chi connectivity index (χ1n) is 6.61. The molecule has 2 amide bonds. The van der Waals surface area contributed by atoms with Crippen LogP contribution in [0.3, 0.4) is 0 Å². The van der Waals surface area contributed by atoms with Crippen molar-refractivity contribution in [1.82, 2.24) is 0 Å². The summed E-state index contributed by atoms with van der Waals surface area (Å²) in [7, 11) is 0. The molecule has 0 fully saturated rings. The van der Waals surface area contributed by atoms with Gasteiger partial charge in [0, 0.05) is 22.3 Å². The molecule has 0 aliphatic rings. The molecule has 0 saturated heterocycles. The fraction of sp³-hybridized carbons (Fsp3) is 0.0588. The highest BCUT2D eigenvalue weighted by atomic mass is 35.5. The van der Waals surface area contributed by atoms with Gasteiger partial charge in [0.05, 0.1) is 0 Å². The number of primary amides is 1. The second-order valence-corrected chi connectivity index (χ2v) is 5.15. The molecule has 4 nitrogen and oxygen atoms in total. The Labute approximate surface area is 133 Å². The number of amides is 2. The van der Waals surface area contributed by atoms with Crippen LogP contribution < -0.4 is 11.1 Å². The standard InChI is InChI=1S/C17H15ClN2O2/c1-11(14-4-2-3-5-15(14)18)10-16(21)20-13-8-6-12(7-9-13)17(19)22/h2-10H,1H3,(H2,19,22)(H,20,21)/b11-10-. The average molecular weight is 315 g/mol. The Hall–Kier alpha value is -2.59. The fourth-order valence-electron chi connectivity index (χ4n) is 1.95. The zero-order valence-corrected chi connectivity index (χ0v) is 12.7. The summed E-state index contributed by atoms with van der Waals surface area (Å²) in [6, 6.07) is 13.7. The van der Waals surface area contributed by atoms with Crippen LogP contribution >= 0.6 is 11.6 Å². The summed E-state index contributed by atoms with van der Waals surface area (Å²) in [5, 5.41) is 3.31. The van der Waals surface area contributed by atoms with Crippen molar-refractivity contribution >= 4 is 34.7 Å². The third-order valence-corrected chi connectivity index (χ3v) is 3.41. The van der Waals surface area contributed by atoms with Crippen LogP contribution in [0.15, 0.2) is 54.6 Å². The van der Waals surface area contributed by atoms with Crippen molar-refractivity contribution in [3.63, 3.8) is 0 Å². The lowest BCUT2D eigenvalue weighted by atomic mass is 10.1. The zero-order valence-electron chi connectivity index (χ0n) is 12.0. The van der Waals surface area contributed by atoms with Crippen molar-refractivity contribution in [3.05, 3.63) is 70.8 Å². The van der Waals surface area contributed by atoms with Crippen molar-refractivity contribution in [2.75, 3.05) is 5.32 Å². The maximum Gasteiger partial charge on any atom is 0.248 e. The summed E-state index contributed by atoms with van der Waals surface area (Å²) in [6.45, 7) is 1.82. The molecule has 112 valence electrons. The van der Waals surface area contributed by atoms with Gasteiger partial charge < -0.3 is 11.1 Å². The van der Waals surface area contributed by atoms with E-state index in [-0.39, 0.29) is 5.91 Å². The number of anilines is 1. The predicted octanol–water partition coefficient (Wildman–Crippen LogP) is 3.48. The minimum atomic E-state index is -0.507. The number of allylic oxidation sites excluding steroid dienone is 1. The molecule has 2 aromatic carbocycles. The van der Waals surface area contributed by atoms with Crippen molar-refractivity contribution in [3.8, 4) is 0 Å². The molecule has 3 N–H and O–H groups in total. The van der Waals surface area contributed by atoms with Crippen LogP contribution in [0.4, 0.5) is 5.69 Å². The van der Waals surface area contributed by atoms with Gasteiger partial charge in [0.2, 0.25) is 11.8 Å². The van der Waals surface area contributed by atoms with E-state index >= 15 is 0 Å². The van der Waals surface area contributed by atoms with Gasteiger partial charge in [0.25, 0.3) is 0 Å². The summed E-state index contributed by atoms with van der Waals surface area (Å²) >= 11 is 6.09. The molecule has 2 aromatic rings. The first-order valence-corrected chi connectivity index (χ1v) is 6.99. The smallest absolute Gasteiger partial charge is 0.248 e. The Morgan fingerprint density at radius 3 is 2.32 bits per heavy atom. The summed E-state index contributed by atoms with van der Waals surface area (Å²) in [5.41, 5.74) is 7.70. The van der Waals surface area contributed by atoms with E-state index in [1.165, 1.54) is 6.08 Å². The zero-order chi connectivity index (χ0) is 16.1. The molecule has 0 aliphatic heterocycles. The molecule has 0 atom stereocenters. The molecule has 0 heterocycles. The van der Waals surface area contributed by atoms with E-state index in [2.05, 4.69) is 5.32 Å². The quantitative estimate of drug-likeness (QED) is 0.848. The van der Waals surface area contributed by atoms with Crippen molar-refractivity contribution in [2.45, 2.75) is 6.92 Å². The third kappa shape index (κ3) is 3.96. The molecular weight excluding hydrogens is 300 g/mol. The van der Waals surface area contributed by atoms with E-state index in [1.807, 2.05) is 25.1 Å². The number of hydrogen-bond acceptors (Lipinski definition) is 2. The van der Waals surface area contributed by atoms with E-state index in [1.54, 1.807) is 30.3 Å². The molecule has 2 rings (SSSR count). The second kappa shape index (κ2) is 6.91. The summed E-state index contributed by atoms with van der Waals surface area (Å²) < 4.78 is 0. The van der Waals surface area contributed by atoms with Crippen LogP contribution in [0.5, 0.6) is 0 Å². The molecule has 22 heavy (non-hydrogen) atoms. The van der Waals surface area contributed by atoms with Gasteiger partial charge in [-0.25, -0.2) is 0 Å². The lowest BCUT2D eigenvalue weighted by Gasteiger charge is -2.06. The van der Waals surface area contributed by atoms with Crippen molar-refractivity contribution in [2.24, 2.45) is 5.73 Å². The minimum Gasteiger partial charge on any atom is -0.366 e. The number of rotatable bonds is 4. The lowest BCUT2D eigenvalue weighted by molar-refractivity contribution is -0.111. The predicted molar refractivity (Wildman–Crippen MR) is 88.7 cm³/mol. The average Bonchev–Trinajstić information content (AvgIpc) is 2.48. The molecule has 5 heteroatoms. The maximum atomic E-state index is 12.0. The first-order chi connectivity index (χ1) is 10.5. The number of halogens is 1. The van der Waals surface area contributed by atoms with Crippen LogP contribution in [0.25, 0.3) is 5.57 Å². The summed E-state index contributed by atoms with van der Waals surface area (Å²) in [6.07, 6.45) is 1.48. The van der Waals surface area contributed by atoms with Gasteiger partial charge in [-0.05, 0) is 48.4 Å². The van der Waals surface area contributed by atoms with E-state index in [0.717, 1.165) is 11.1 Å². The summed E-state index contributed by atoms with van der Waals surface area (Å²) in [4.78, 5) is 23.0. The van der Waals surface area contributed by atoms with Gasteiger partial charge in [-0.15, -0.1) is 0 Å². The van der Waals surface area contributed by atoms with Crippen molar-refractivity contribution < 1.29 is 9.59 Å². The lowest BCUT2D eigenvalue weighted by Crippen LogP contribution is -2.12. The third-order valence-electron chi connectivity index (χ3n) is 3.08. The highest BCUT2D eigenvalue weighted by Gasteiger charge is 2.05. The number of carbonyl (C=O) groups excluding carboxylic acids is 2. The number of nitrogens with two attached hydrogens (primary N) is 1. The van der Waals surface area contributed by atoms with Crippen LogP contribution in [0, 0.1) is 0 Å². The largest absolute Gasteiger partial charge is 0.366 e. The van der Waals surface area contributed by atoms with Gasteiger partial charge in [-0.3, -0.25) is 9.59 Å². The van der Waals surface area contributed by atoms with Gasteiger partial charge in [-0.2, -0.15) is 0 Å². The van der Waals surface area contributed by atoms with E-state index < -0.39 is 5.91 Å². The minimum absolute atomic E-state index is 0.274. The topological polar surface area (TPSA) is 72.2 Å². The molecule has 0 bridgehead atoms. The number of nitrogens with one attached hydrogen (secondary N) is 1.